The van der Waals surface area contributed by atoms with Crippen molar-refractivity contribution in [3.63, 3.8) is 0 Å². The van der Waals surface area contributed by atoms with Crippen molar-refractivity contribution >= 4 is 11.9 Å². The molecule has 2 aromatic carbocycles. The summed E-state index contributed by atoms with van der Waals surface area (Å²) in [7, 11) is 1.56. The average molecular weight is 373 g/mol. The van der Waals surface area contributed by atoms with Gasteiger partial charge in [-0.2, -0.15) is 0 Å². The Bertz CT molecular complexity index is 844. The first-order valence-electron chi connectivity index (χ1n) is 8.48. The van der Waals surface area contributed by atoms with Gasteiger partial charge in [0.1, 0.15) is 11.6 Å². The SMILES string of the molecule is COc1ccc(-c2ccc(C(=O)NC3(CC(=O)O)CCOC3)c(F)c2)cc1. The number of rotatable bonds is 6. The number of methoxy groups -OCH3 is 1. The summed E-state index contributed by atoms with van der Waals surface area (Å²) in [6, 6.07) is 11.5. The van der Waals surface area contributed by atoms with Crippen LogP contribution in [0.15, 0.2) is 42.5 Å². The Balaban J connectivity index is 1.80. The van der Waals surface area contributed by atoms with Gasteiger partial charge in [-0.1, -0.05) is 18.2 Å². The molecule has 1 fully saturated rings. The summed E-state index contributed by atoms with van der Waals surface area (Å²) in [5.74, 6) is -1.68. The standard InChI is InChI=1S/C20H20FNO5/c1-26-15-5-2-13(3-6-15)14-4-7-16(17(21)10-14)19(25)22-20(11-18(23)24)8-9-27-12-20/h2-7,10H,8-9,11-12H2,1H3,(H,22,25)(H,23,24). The maximum absolute atomic E-state index is 14.6. The normalized spacial score (nSPS) is 18.9. The Morgan fingerprint density at radius 3 is 2.48 bits per heavy atom. The molecule has 0 aromatic heterocycles. The molecule has 7 heteroatoms. The molecule has 0 radical (unpaired) electrons. The predicted octanol–water partition coefficient (Wildman–Crippen LogP) is 2.86. The van der Waals surface area contributed by atoms with Crippen molar-refractivity contribution in [2.75, 3.05) is 20.3 Å². The molecule has 3 rings (SSSR count). The van der Waals surface area contributed by atoms with Crippen LogP contribution in [0.1, 0.15) is 23.2 Å². The fourth-order valence-corrected chi connectivity index (χ4v) is 3.15. The topological polar surface area (TPSA) is 84.9 Å². The molecule has 1 unspecified atom stereocenters. The predicted molar refractivity (Wildman–Crippen MR) is 96.3 cm³/mol. The van der Waals surface area contributed by atoms with Crippen molar-refractivity contribution in [2.45, 2.75) is 18.4 Å². The van der Waals surface area contributed by atoms with Crippen molar-refractivity contribution in [3.05, 3.63) is 53.8 Å². The fourth-order valence-electron chi connectivity index (χ4n) is 3.15. The van der Waals surface area contributed by atoms with Gasteiger partial charge >= 0.3 is 5.97 Å². The van der Waals surface area contributed by atoms with Crippen LogP contribution < -0.4 is 10.1 Å². The van der Waals surface area contributed by atoms with Crippen LogP contribution in [0.2, 0.25) is 0 Å². The van der Waals surface area contributed by atoms with Crippen molar-refractivity contribution < 1.29 is 28.6 Å². The molecule has 1 amide bonds. The Morgan fingerprint density at radius 2 is 1.93 bits per heavy atom. The molecular weight excluding hydrogens is 353 g/mol. The summed E-state index contributed by atoms with van der Waals surface area (Å²) in [6.07, 6.45) is 0.0981. The summed E-state index contributed by atoms with van der Waals surface area (Å²) in [6.45, 7) is 0.447. The van der Waals surface area contributed by atoms with Crippen LogP contribution in [0.25, 0.3) is 11.1 Å². The van der Waals surface area contributed by atoms with Crippen LogP contribution in [-0.2, 0) is 9.53 Å². The number of carbonyl (C=O) groups excluding carboxylic acids is 1. The number of carboxylic acids is 1. The van der Waals surface area contributed by atoms with Crippen LogP contribution in [0.4, 0.5) is 4.39 Å². The molecule has 0 saturated carbocycles. The number of carboxylic acid groups (broad SMARTS) is 1. The van der Waals surface area contributed by atoms with Gasteiger partial charge in [-0.25, -0.2) is 4.39 Å². The molecule has 0 spiro atoms. The van der Waals surface area contributed by atoms with Crippen LogP contribution >= 0.6 is 0 Å². The van der Waals surface area contributed by atoms with E-state index in [1.807, 2.05) is 0 Å². The third-order valence-corrected chi connectivity index (χ3v) is 4.61. The third-order valence-electron chi connectivity index (χ3n) is 4.61. The highest BCUT2D eigenvalue weighted by Crippen LogP contribution is 2.26. The number of hydrogen-bond donors (Lipinski definition) is 2. The molecule has 0 bridgehead atoms. The van der Waals surface area contributed by atoms with E-state index < -0.39 is 23.2 Å². The van der Waals surface area contributed by atoms with Crippen molar-refractivity contribution in [2.24, 2.45) is 0 Å². The Morgan fingerprint density at radius 1 is 1.22 bits per heavy atom. The van der Waals surface area contributed by atoms with Gasteiger partial charge in [0.05, 0.1) is 31.2 Å². The number of ether oxygens (including phenoxy) is 2. The van der Waals surface area contributed by atoms with E-state index in [1.165, 1.54) is 12.1 Å². The van der Waals surface area contributed by atoms with Crippen molar-refractivity contribution in [1.29, 1.82) is 0 Å². The summed E-state index contributed by atoms with van der Waals surface area (Å²) < 4.78 is 24.9. The van der Waals surface area contributed by atoms with Gasteiger partial charge in [0.2, 0.25) is 0 Å². The molecule has 0 aliphatic carbocycles. The number of carbonyl (C=O) groups is 2. The molecule has 1 saturated heterocycles. The summed E-state index contributed by atoms with van der Waals surface area (Å²) >= 11 is 0. The second-order valence-electron chi connectivity index (χ2n) is 6.53. The monoisotopic (exact) mass is 373 g/mol. The highest BCUT2D eigenvalue weighted by Gasteiger charge is 2.39. The lowest BCUT2D eigenvalue weighted by atomic mass is 9.93. The van der Waals surface area contributed by atoms with Crippen LogP contribution in [0.3, 0.4) is 0 Å². The number of halogens is 1. The maximum atomic E-state index is 14.6. The second-order valence-corrected chi connectivity index (χ2v) is 6.53. The molecule has 1 heterocycles. The Labute approximate surface area is 155 Å². The molecule has 2 N–H and O–H groups in total. The zero-order valence-electron chi connectivity index (χ0n) is 14.8. The summed E-state index contributed by atoms with van der Waals surface area (Å²) in [4.78, 5) is 23.6. The van der Waals surface area contributed by atoms with Gasteiger partial charge in [-0.05, 0) is 41.8 Å². The van der Waals surface area contributed by atoms with Crippen LogP contribution in [0, 0.1) is 5.82 Å². The highest BCUT2D eigenvalue weighted by molar-refractivity contribution is 5.95. The Hall–Kier alpha value is -2.93. The molecule has 1 atom stereocenters. The van der Waals surface area contributed by atoms with E-state index in [0.717, 1.165) is 5.56 Å². The van der Waals surface area contributed by atoms with Gasteiger partial charge in [-0.15, -0.1) is 0 Å². The molecular formula is C20H20FNO5. The average Bonchev–Trinajstić information content (AvgIpc) is 3.08. The van der Waals surface area contributed by atoms with Gasteiger partial charge in [-0.3, -0.25) is 9.59 Å². The van der Waals surface area contributed by atoms with Crippen molar-refractivity contribution in [3.8, 4) is 16.9 Å². The van der Waals surface area contributed by atoms with E-state index in [-0.39, 0.29) is 18.6 Å². The number of aliphatic carboxylic acids is 1. The van der Waals surface area contributed by atoms with Crippen LogP contribution in [0.5, 0.6) is 5.75 Å². The lowest BCUT2D eigenvalue weighted by molar-refractivity contribution is -0.138. The minimum atomic E-state index is -1.05. The molecule has 1 aliphatic heterocycles. The molecule has 27 heavy (non-hydrogen) atoms. The minimum Gasteiger partial charge on any atom is -0.497 e. The molecule has 6 nitrogen and oxygen atoms in total. The van der Waals surface area contributed by atoms with E-state index in [4.69, 9.17) is 14.6 Å². The molecule has 142 valence electrons. The summed E-state index contributed by atoms with van der Waals surface area (Å²) in [5, 5.41) is 11.7. The highest BCUT2D eigenvalue weighted by atomic mass is 19.1. The van der Waals surface area contributed by atoms with Crippen LogP contribution in [-0.4, -0.2) is 42.8 Å². The third kappa shape index (κ3) is 4.25. The van der Waals surface area contributed by atoms with Gasteiger partial charge in [0.15, 0.2) is 0 Å². The Kier molecular flexibility index (Phi) is 5.41. The second kappa shape index (κ2) is 7.75. The lowest BCUT2D eigenvalue weighted by Crippen LogP contribution is -2.50. The number of benzene rings is 2. The number of hydrogen-bond acceptors (Lipinski definition) is 4. The fraction of sp³-hybridized carbons (Fsp3) is 0.300. The van der Waals surface area contributed by atoms with E-state index in [0.29, 0.717) is 24.3 Å². The first kappa shape index (κ1) is 18.8. The first-order chi connectivity index (χ1) is 12.9. The first-order valence-corrected chi connectivity index (χ1v) is 8.48. The van der Waals surface area contributed by atoms with E-state index in [9.17, 15) is 14.0 Å². The maximum Gasteiger partial charge on any atom is 0.305 e. The largest absolute Gasteiger partial charge is 0.497 e. The smallest absolute Gasteiger partial charge is 0.305 e. The number of amides is 1. The molecule has 1 aliphatic rings. The van der Waals surface area contributed by atoms with Gasteiger partial charge in [0.25, 0.3) is 5.91 Å². The zero-order valence-corrected chi connectivity index (χ0v) is 14.8. The zero-order chi connectivity index (χ0) is 19.4. The molecule has 2 aromatic rings. The van der Waals surface area contributed by atoms with Gasteiger partial charge < -0.3 is 19.9 Å². The lowest BCUT2D eigenvalue weighted by Gasteiger charge is -2.27. The van der Waals surface area contributed by atoms with E-state index >= 15 is 0 Å². The minimum absolute atomic E-state index is 0.0938. The van der Waals surface area contributed by atoms with Crippen molar-refractivity contribution in [1.82, 2.24) is 5.32 Å². The quantitative estimate of drug-likeness (QED) is 0.813. The number of nitrogens with one attached hydrogen (secondary N) is 1. The summed E-state index contributed by atoms with van der Waals surface area (Å²) in [5.41, 5.74) is 0.262. The van der Waals surface area contributed by atoms with Gasteiger partial charge in [0, 0.05) is 6.61 Å². The van der Waals surface area contributed by atoms with E-state index in [1.54, 1.807) is 37.4 Å². The van der Waals surface area contributed by atoms with E-state index in [2.05, 4.69) is 5.32 Å².